The first-order valence-corrected chi connectivity index (χ1v) is 12.1. The molecule has 9 heteroatoms. The van der Waals surface area contributed by atoms with Crippen LogP contribution in [0.1, 0.15) is 53.9 Å². The lowest BCUT2D eigenvalue weighted by molar-refractivity contribution is -0.130. The average Bonchev–Trinajstić information content (AvgIpc) is 2.87. The van der Waals surface area contributed by atoms with Gasteiger partial charge >= 0.3 is 5.69 Å². The first kappa shape index (κ1) is 25.1. The Hall–Kier alpha value is -4.01. The van der Waals surface area contributed by atoms with Crippen LogP contribution in [0.2, 0.25) is 0 Å². The monoisotopic (exact) mass is 489 g/mol. The van der Waals surface area contributed by atoms with Crippen LogP contribution in [0, 0.1) is 6.92 Å². The third-order valence-electron chi connectivity index (χ3n) is 6.67. The lowest BCUT2D eigenvalue weighted by Crippen LogP contribution is -2.52. The molecule has 0 bridgehead atoms. The van der Waals surface area contributed by atoms with Crippen molar-refractivity contribution in [2.24, 2.45) is 0 Å². The molecule has 0 aliphatic carbocycles. The highest BCUT2D eigenvalue weighted by Crippen LogP contribution is 2.16. The summed E-state index contributed by atoms with van der Waals surface area (Å²) in [5, 5.41) is 4.27. The molecule has 1 saturated heterocycles. The summed E-state index contributed by atoms with van der Waals surface area (Å²) >= 11 is 0. The maximum Gasteiger partial charge on any atom is 0.352 e. The summed E-state index contributed by atoms with van der Waals surface area (Å²) in [6, 6.07) is 14.9. The summed E-state index contributed by atoms with van der Waals surface area (Å²) in [4.78, 5) is 55.2. The second-order valence-electron chi connectivity index (χ2n) is 9.41. The largest absolute Gasteiger partial charge is 0.352 e. The van der Waals surface area contributed by atoms with E-state index in [2.05, 4.69) is 18.9 Å². The van der Waals surface area contributed by atoms with Crippen LogP contribution in [0.5, 0.6) is 0 Å². The minimum Gasteiger partial charge on any atom is -0.339 e. The maximum absolute atomic E-state index is 13.5. The van der Waals surface area contributed by atoms with Gasteiger partial charge < -0.3 is 9.80 Å². The van der Waals surface area contributed by atoms with Gasteiger partial charge in [-0.15, -0.1) is 0 Å². The van der Waals surface area contributed by atoms with Gasteiger partial charge in [0.25, 0.3) is 11.5 Å². The summed E-state index contributed by atoms with van der Waals surface area (Å²) in [6.07, 6.45) is 0. The summed E-state index contributed by atoms with van der Waals surface area (Å²) in [6.45, 7) is 8.92. The van der Waals surface area contributed by atoms with Gasteiger partial charge in [-0.25, -0.2) is 4.79 Å². The highest BCUT2D eigenvalue weighted by molar-refractivity contribution is 5.92. The number of hydrogen-bond donors (Lipinski definition) is 0. The van der Waals surface area contributed by atoms with Gasteiger partial charge in [0.1, 0.15) is 0 Å². The number of carbonyl (C=O) groups is 2. The predicted octanol–water partition coefficient (Wildman–Crippen LogP) is 2.18. The van der Waals surface area contributed by atoms with E-state index < -0.39 is 17.2 Å². The van der Waals surface area contributed by atoms with Crippen LogP contribution in [0.15, 0.2) is 58.1 Å². The molecule has 0 atom stereocenters. The van der Waals surface area contributed by atoms with Crippen LogP contribution in [0.4, 0.5) is 0 Å². The van der Waals surface area contributed by atoms with E-state index in [4.69, 9.17) is 0 Å². The van der Waals surface area contributed by atoms with Crippen molar-refractivity contribution in [1.82, 2.24) is 24.1 Å². The Morgan fingerprint density at radius 1 is 0.917 bits per heavy atom. The highest BCUT2D eigenvalue weighted by Gasteiger charge is 2.28. The van der Waals surface area contributed by atoms with Crippen molar-refractivity contribution >= 4 is 11.8 Å². The Morgan fingerprint density at radius 3 is 2.11 bits per heavy atom. The van der Waals surface area contributed by atoms with Crippen molar-refractivity contribution in [3.63, 3.8) is 0 Å². The SMILES string of the molecule is CC(=O)N1CCN(C(=O)c2nn(-c3ccc(C(C)C)cc3)c(=O)n(Cc3ccccc3C)c2=O)CC1. The number of aromatic nitrogens is 3. The van der Waals surface area contributed by atoms with Gasteiger partial charge in [-0.05, 0) is 41.7 Å². The molecule has 0 spiro atoms. The van der Waals surface area contributed by atoms with Crippen LogP contribution in [-0.4, -0.2) is 62.1 Å². The van der Waals surface area contributed by atoms with Crippen molar-refractivity contribution < 1.29 is 9.59 Å². The summed E-state index contributed by atoms with van der Waals surface area (Å²) < 4.78 is 2.20. The first-order valence-electron chi connectivity index (χ1n) is 12.1. The zero-order chi connectivity index (χ0) is 26.0. The molecule has 0 N–H and O–H groups in total. The smallest absolute Gasteiger partial charge is 0.339 e. The number of benzene rings is 2. The van der Waals surface area contributed by atoms with Crippen molar-refractivity contribution in [2.75, 3.05) is 26.2 Å². The molecule has 1 aromatic heterocycles. The molecule has 1 aliphatic heterocycles. The van der Waals surface area contributed by atoms with Gasteiger partial charge in [0.2, 0.25) is 11.6 Å². The lowest BCUT2D eigenvalue weighted by atomic mass is 10.0. The van der Waals surface area contributed by atoms with Crippen molar-refractivity contribution in [2.45, 2.75) is 40.2 Å². The molecular formula is C27H31N5O4. The van der Waals surface area contributed by atoms with E-state index in [0.29, 0.717) is 37.8 Å². The molecule has 0 saturated carbocycles. The molecule has 2 aromatic carbocycles. The van der Waals surface area contributed by atoms with Gasteiger partial charge in [0.15, 0.2) is 0 Å². The predicted molar refractivity (Wildman–Crippen MR) is 137 cm³/mol. The number of carbonyl (C=O) groups excluding carboxylic acids is 2. The summed E-state index contributed by atoms with van der Waals surface area (Å²) in [5.41, 5.74) is 1.65. The molecule has 1 fully saturated rings. The van der Waals surface area contributed by atoms with Crippen molar-refractivity contribution in [3.8, 4) is 5.69 Å². The van der Waals surface area contributed by atoms with Crippen LogP contribution in [-0.2, 0) is 11.3 Å². The number of rotatable bonds is 5. The molecule has 188 valence electrons. The van der Waals surface area contributed by atoms with Crippen LogP contribution in [0.25, 0.3) is 5.69 Å². The number of aryl methyl sites for hydroxylation is 1. The normalized spacial score (nSPS) is 13.8. The second-order valence-corrected chi connectivity index (χ2v) is 9.41. The van der Waals surface area contributed by atoms with Crippen LogP contribution < -0.4 is 11.2 Å². The van der Waals surface area contributed by atoms with Crippen LogP contribution >= 0.6 is 0 Å². The minimum atomic E-state index is -0.725. The third-order valence-corrected chi connectivity index (χ3v) is 6.67. The average molecular weight is 490 g/mol. The van der Waals surface area contributed by atoms with Gasteiger partial charge in [-0.2, -0.15) is 9.78 Å². The molecule has 4 rings (SSSR count). The zero-order valence-corrected chi connectivity index (χ0v) is 21.1. The van der Waals surface area contributed by atoms with E-state index in [1.807, 2.05) is 43.3 Å². The minimum absolute atomic E-state index is 0.0231. The number of amides is 2. The Morgan fingerprint density at radius 2 is 1.53 bits per heavy atom. The fraction of sp³-hybridized carbons (Fsp3) is 0.370. The molecule has 0 radical (unpaired) electrons. The van der Waals surface area contributed by atoms with Crippen molar-refractivity contribution in [3.05, 3.63) is 91.8 Å². The molecule has 0 unspecified atom stereocenters. The van der Waals surface area contributed by atoms with Gasteiger partial charge in [-0.3, -0.25) is 19.0 Å². The zero-order valence-electron chi connectivity index (χ0n) is 21.1. The van der Waals surface area contributed by atoms with Crippen molar-refractivity contribution in [1.29, 1.82) is 0 Å². The Balaban J connectivity index is 1.80. The molecule has 2 heterocycles. The Kier molecular flexibility index (Phi) is 7.19. The molecule has 3 aromatic rings. The highest BCUT2D eigenvalue weighted by atomic mass is 16.2. The van der Waals surface area contributed by atoms with Gasteiger partial charge in [0.05, 0.1) is 12.2 Å². The fourth-order valence-corrected chi connectivity index (χ4v) is 4.29. The van der Waals surface area contributed by atoms with E-state index >= 15 is 0 Å². The molecule has 36 heavy (non-hydrogen) atoms. The van der Waals surface area contributed by atoms with Gasteiger partial charge in [0, 0.05) is 33.1 Å². The Labute approximate surface area is 209 Å². The summed E-state index contributed by atoms with van der Waals surface area (Å²) in [5.74, 6) is -0.293. The van der Waals surface area contributed by atoms with Crippen LogP contribution in [0.3, 0.4) is 0 Å². The van der Waals surface area contributed by atoms with E-state index in [1.165, 1.54) is 11.8 Å². The van der Waals surface area contributed by atoms with E-state index in [9.17, 15) is 19.2 Å². The molecular weight excluding hydrogens is 458 g/mol. The third kappa shape index (κ3) is 5.00. The second kappa shape index (κ2) is 10.3. The first-order chi connectivity index (χ1) is 17.2. The number of nitrogens with zero attached hydrogens (tertiary/aromatic N) is 5. The molecule has 2 amide bonds. The lowest BCUT2D eigenvalue weighted by Gasteiger charge is -2.33. The van der Waals surface area contributed by atoms with E-state index in [-0.39, 0.29) is 18.1 Å². The topological polar surface area (TPSA) is 97.5 Å². The number of hydrogen-bond acceptors (Lipinski definition) is 5. The fourth-order valence-electron chi connectivity index (χ4n) is 4.29. The van der Waals surface area contributed by atoms with Gasteiger partial charge in [-0.1, -0.05) is 50.2 Å². The summed E-state index contributed by atoms with van der Waals surface area (Å²) in [7, 11) is 0. The number of piperazine rings is 1. The molecule has 1 aliphatic rings. The molecule has 9 nitrogen and oxygen atoms in total. The maximum atomic E-state index is 13.5. The standard InChI is InChI=1S/C27H31N5O4/c1-18(2)21-9-11-23(12-10-21)32-27(36)31(17-22-8-6-5-7-19(22)3)26(35)24(28-32)25(34)30-15-13-29(14-16-30)20(4)33/h5-12,18H,13-17H2,1-4H3. The van der Waals surface area contributed by atoms with E-state index in [1.54, 1.807) is 17.0 Å². The Bertz CT molecular complexity index is 1400. The quantitative estimate of drug-likeness (QED) is 0.547. The van der Waals surface area contributed by atoms with E-state index in [0.717, 1.165) is 25.9 Å².